The Morgan fingerprint density at radius 1 is 1.14 bits per heavy atom. The van der Waals surface area contributed by atoms with Gasteiger partial charge in [0.1, 0.15) is 19.0 Å². The van der Waals surface area contributed by atoms with E-state index in [-0.39, 0.29) is 24.0 Å². The molecule has 0 aromatic carbocycles. The second kappa shape index (κ2) is 7.87. The van der Waals surface area contributed by atoms with Crippen LogP contribution in [0.15, 0.2) is 15.0 Å². The zero-order chi connectivity index (χ0) is 21.3. The van der Waals surface area contributed by atoms with Crippen molar-refractivity contribution in [1.29, 1.82) is 5.41 Å². The fraction of sp³-hybridized carbons (Fsp3) is 0.500. The molecule has 0 aromatic heterocycles. The molecule has 13 nitrogen and oxygen atoms in total. The molecule has 0 radical (unpaired) electrons. The van der Waals surface area contributed by atoms with Gasteiger partial charge < -0.3 is 18.9 Å². The highest BCUT2D eigenvalue weighted by Gasteiger charge is 2.56. The monoisotopic (exact) mass is 407 g/mol. The van der Waals surface area contributed by atoms with Crippen molar-refractivity contribution in [2.75, 3.05) is 6.61 Å². The normalized spacial score (nSPS) is 27.9. The van der Waals surface area contributed by atoms with Crippen LogP contribution in [0.3, 0.4) is 0 Å². The summed E-state index contributed by atoms with van der Waals surface area (Å²) < 4.78 is 21.2. The molecule has 0 unspecified atom stereocenters. The number of hydrogen-bond donors (Lipinski definition) is 1. The SMILES string of the molecule is CC(=O)OC[C@H]1O[C@@H](N2C(=O)N=C3C(=N)N=CN=C32)[C@H](OC(C)=O)[C@@H]1OC(C)=O. The highest BCUT2D eigenvalue weighted by molar-refractivity contribution is 6.72. The van der Waals surface area contributed by atoms with Gasteiger partial charge in [-0.15, -0.1) is 0 Å². The Morgan fingerprint density at radius 3 is 2.41 bits per heavy atom. The molecule has 2 amide bonds. The van der Waals surface area contributed by atoms with Gasteiger partial charge in [-0.25, -0.2) is 19.7 Å². The third-order valence-electron chi connectivity index (χ3n) is 4.04. The number of carbonyl (C=O) groups excluding carboxylic acids is 4. The van der Waals surface area contributed by atoms with Gasteiger partial charge in [0, 0.05) is 20.8 Å². The fourth-order valence-electron chi connectivity index (χ4n) is 3.02. The van der Waals surface area contributed by atoms with Crippen molar-refractivity contribution in [3.8, 4) is 0 Å². The molecule has 1 N–H and O–H groups in total. The second-order valence-corrected chi connectivity index (χ2v) is 6.17. The van der Waals surface area contributed by atoms with E-state index in [1.165, 1.54) is 6.92 Å². The number of urea groups is 1. The topological polar surface area (TPSA) is 169 Å². The summed E-state index contributed by atoms with van der Waals surface area (Å²) in [6, 6.07) is -0.828. The molecule has 0 aliphatic carbocycles. The van der Waals surface area contributed by atoms with Crippen molar-refractivity contribution in [3.05, 3.63) is 0 Å². The lowest BCUT2D eigenvalue weighted by Crippen LogP contribution is -2.51. The van der Waals surface area contributed by atoms with Crippen molar-refractivity contribution in [3.63, 3.8) is 0 Å². The number of carbonyl (C=O) groups is 4. The van der Waals surface area contributed by atoms with Crippen molar-refractivity contribution >= 4 is 47.7 Å². The molecule has 0 spiro atoms. The maximum atomic E-state index is 12.5. The standard InChI is InChI=1S/C16H17N5O8/c1-6(22)26-4-9-11(27-7(2)23)12(28-8(3)24)15(29-9)21-14-10(20-16(21)25)13(17)18-5-19-14/h5,9,11-12,15,17H,4H2,1-3H3/t9-,11-,12-,15-/m1/s1. The average Bonchev–Trinajstić information content (AvgIpc) is 3.11. The Kier molecular flexibility index (Phi) is 5.50. The minimum absolute atomic E-state index is 0.0214. The molecule has 154 valence electrons. The lowest BCUT2D eigenvalue weighted by atomic mass is 10.1. The first-order valence-electron chi connectivity index (χ1n) is 8.43. The van der Waals surface area contributed by atoms with Gasteiger partial charge in [-0.2, -0.15) is 4.99 Å². The molecular weight excluding hydrogens is 390 g/mol. The molecule has 1 saturated heterocycles. The number of nitrogens with zero attached hydrogens (tertiary/aromatic N) is 4. The van der Waals surface area contributed by atoms with Crippen LogP contribution in [-0.2, 0) is 33.3 Å². The third kappa shape index (κ3) is 4.03. The summed E-state index contributed by atoms with van der Waals surface area (Å²) in [5, 5.41) is 7.77. The van der Waals surface area contributed by atoms with Crippen LogP contribution in [0.5, 0.6) is 0 Å². The molecule has 0 saturated carbocycles. The van der Waals surface area contributed by atoms with Crippen molar-refractivity contribution in [1.82, 2.24) is 4.90 Å². The molecule has 29 heavy (non-hydrogen) atoms. The minimum Gasteiger partial charge on any atom is -0.463 e. The number of ether oxygens (including phenoxy) is 4. The Balaban J connectivity index is 1.96. The van der Waals surface area contributed by atoms with Gasteiger partial charge >= 0.3 is 23.9 Å². The summed E-state index contributed by atoms with van der Waals surface area (Å²) in [7, 11) is 0. The third-order valence-corrected chi connectivity index (χ3v) is 4.04. The van der Waals surface area contributed by atoms with Gasteiger partial charge in [-0.1, -0.05) is 0 Å². The number of esters is 3. The van der Waals surface area contributed by atoms with E-state index in [0.717, 1.165) is 25.1 Å². The highest BCUT2D eigenvalue weighted by Crippen LogP contribution is 2.32. The van der Waals surface area contributed by atoms with Crippen LogP contribution < -0.4 is 0 Å². The predicted octanol–water partition coefficient (Wildman–Crippen LogP) is -0.568. The van der Waals surface area contributed by atoms with Crippen molar-refractivity contribution in [2.45, 2.75) is 45.3 Å². The first-order chi connectivity index (χ1) is 13.7. The van der Waals surface area contributed by atoms with E-state index in [2.05, 4.69) is 15.0 Å². The summed E-state index contributed by atoms with van der Waals surface area (Å²) in [5.41, 5.74) is -0.0739. The van der Waals surface area contributed by atoms with E-state index in [1.807, 2.05) is 0 Å². The smallest absolute Gasteiger partial charge is 0.352 e. The van der Waals surface area contributed by atoms with Crippen LogP contribution in [0.4, 0.5) is 4.79 Å². The Hall–Kier alpha value is -3.48. The van der Waals surface area contributed by atoms with Crippen LogP contribution in [0, 0.1) is 5.41 Å². The lowest BCUT2D eigenvalue weighted by Gasteiger charge is -2.28. The zero-order valence-electron chi connectivity index (χ0n) is 15.6. The molecule has 3 aliphatic rings. The van der Waals surface area contributed by atoms with E-state index in [1.54, 1.807) is 0 Å². The molecule has 13 heteroatoms. The molecule has 3 rings (SSSR count). The van der Waals surface area contributed by atoms with E-state index < -0.39 is 48.5 Å². The number of rotatable bonds is 5. The Bertz CT molecular complexity index is 879. The summed E-state index contributed by atoms with van der Waals surface area (Å²) in [5.74, 6) is -2.32. The number of amides is 2. The van der Waals surface area contributed by atoms with Gasteiger partial charge in [0.2, 0.25) is 0 Å². The van der Waals surface area contributed by atoms with E-state index in [0.29, 0.717) is 0 Å². The maximum Gasteiger partial charge on any atom is 0.352 e. The quantitative estimate of drug-likeness (QED) is 0.466. The zero-order valence-corrected chi connectivity index (χ0v) is 15.6. The van der Waals surface area contributed by atoms with E-state index in [9.17, 15) is 19.2 Å². The predicted molar refractivity (Wildman–Crippen MR) is 94.7 cm³/mol. The second-order valence-electron chi connectivity index (χ2n) is 6.17. The molecule has 0 aromatic rings. The average molecular weight is 407 g/mol. The van der Waals surface area contributed by atoms with Gasteiger partial charge in [0.05, 0.1) is 0 Å². The fourth-order valence-corrected chi connectivity index (χ4v) is 3.02. The Morgan fingerprint density at radius 2 is 1.79 bits per heavy atom. The molecule has 3 heterocycles. The van der Waals surface area contributed by atoms with Gasteiger partial charge in [-0.05, 0) is 0 Å². The van der Waals surface area contributed by atoms with E-state index >= 15 is 0 Å². The van der Waals surface area contributed by atoms with Crippen LogP contribution in [0.1, 0.15) is 20.8 Å². The van der Waals surface area contributed by atoms with Gasteiger partial charge in [-0.3, -0.25) is 19.8 Å². The van der Waals surface area contributed by atoms with E-state index in [4.69, 9.17) is 24.4 Å². The molecule has 3 aliphatic heterocycles. The van der Waals surface area contributed by atoms with Gasteiger partial charge in [0.25, 0.3) is 0 Å². The summed E-state index contributed by atoms with van der Waals surface area (Å²) in [6.45, 7) is 3.14. The summed E-state index contributed by atoms with van der Waals surface area (Å²) in [4.78, 5) is 59.3. The van der Waals surface area contributed by atoms with Crippen LogP contribution in [0.25, 0.3) is 0 Å². The number of hydrogen-bond acceptors (Lipinski definition) is 10. The summed E-state index contributed by atoms with van der Waals surface area (Å²) in [6.07, 6.45) is -3.69. The van der Waals surface area contributed by atoms with Crippen LogP contribution in [0.2, 0.25) is 0 Å². The first kappa shape index (κ1) is 20.3. The summed E-state index contributed by atoms with van der Waals surface area (Å²) >= 11 is 0. The minimum atomic E-state index is -1.30. The van der Waals surface area contributed by atoms with Crippen molar-refractivity contribution in [2.24, 2.45) is 15.0 Å². The molecule has 1 fully saturated rings. The number of aliphatic imine (C=N–C) groups is 3. The Labute approximate surface area is 163 Å². The lowest BCUT2D eigenvalue weighted by molar-refractivity contribution is -0.166. The molecular formula is C16H17N5O8. The van der Waals surface area contributed by atoms with Gasteiger partial charge in [0.15, 0.2) is 35.8 Å². The number of amidine groups is 2. The van der Waals surface area contributed by atoms with Crippen molar-refractivity contribution < 1.29 is 38.1 Å². The largest absolute Gasteiger partial charge is 0.463 e. The molecule has 4 atom stereocenters. The molecule has 0 bridgehead atoms. The highest BCUT2D eigenvalue weighted by atomic mass is 16.7. The maximum absolute atomic E-state index is 12.5. The van der Waals surface area contributed by atoms with Crippen LogP contribution >= 0.6 is 0 Å². The number of nitrogens with one attached hydrogen (secondary N) is 1. The van der Waals surface area contributed by atoms with Crippen LogP contribution in [-0.4, -0.2) is 83.7 Å². The first-order valence-corrected chi connectivity index (χ1v) is 8.43. The number of fused-ring (bicyclic) bond motifs is 1.